The molecule has 6 heteroatoms. The second kappa shape index (κ2) is 5.76. The Hall–Kier alpha value is -1.82. The lowest BCUT2D eigenvalue weighted by molar-refractivity contribution is -0.122. The van der Waals surface area contributed by atoms with Crippen molar-refractivity contribution < 1.29 is 17.6 Å². The molecule has 1 amide bonds. The summed E-state index contributed by atoms with van der Waals surface area (Å²) in [7, 11) is -2.94. The first-order valence-electron chi connectivity index (χ1n) is 7.41. The number of benzene rings is 1. The minimum Gasteiger partial charge on any atom is -0.459 e. The van der Waals surface area contributed by atoms with Gasteiger partial charge in [-0.3, -0.25) is 4.79 Å². The van der Waals surface area contributed by atoms with Crippen LogP contribution in [0.5, 0.6) is 0 Å². The highest BCUT2D eigenvalue weighted by atomic mass is 32.2. The Labute approximate surface area is 129 Å². The summed E-state index contributed by atoms with van der Waals surface area (Å²) in [5.41, 5.74) is 0.792. The SMILES string of the molecule is C[C@H](NC(=O)C[C@@H]1CCS(=O)(=O)C1)c1cc2ccccc2o1. The van der Waals surface area contributed by atoms with Crippen LogP contribution in [0.25, 0.3) is 11.0 Å². The zero-order valence-corrected chi connectivity index (χ0v) is 13.2. The molecule has 1 N–H and O–H groups in total. The van der Waals surface area contributed by atoms with E-state index in [9.17, 15) is 13.2 Å². The maximum atomic E-state index is 12.1. The lowest BCUT2D eigenvalue weighted by Gasteiger charge is -2.13. The van der Waals surface area contributed by atoms with Crippen molar-refractivity contribution in [1.82, 2.24) is 5.32 Å². The Balaban J connectivity index is 1.61. The van der Waals surface area contributed by atoms with Crippen LogP contribution < -0.4 is 5.32 Å². The molecule has 1 aliphatic heterocycles. The molecule has 2 heterocycles. The summed E-state index contributed by atoms with van der Waals surface area (Å²) >= 11 is 0. The summed E-state index contributed by atoms with van der Waals surface area (Å²) in [5, 5.41) is 3.88. The van der Waals surface area contributed by atoms with Crippen LogP contribution in [0, 0.1) is 5.92 Å². The van der Waals surface area contributed by atoms with E-state index in [0.29, 0.717) is 12.2 Å². The van der Waals surface area contributed by atoms with Crippen LogP contribution in [-0.2, 0) is 14.6 Å². The van der Waals surface area contributed by atoms with Crippen molar-refractivity contribution in [1.29, 1.82) is 0 Å². The van der Waals surface area contributed by atoms with Crippen molar-refractivity contribution in [2.45, 2.75) is 25.8 Å². The van der Waals surface area contributed by atoms with E-state index in [1.807, 2.05) is 37.3 Å². The fourth-order valence-corrected chi connectivity index (χ4v) is 4.74. The highest BCUT2D eigenvalue weighted by molar-refractivity contribution is 7.91. The lowest BCUT2D eigenvalue weighted by atomic mass is 10.0. The van der Waals surface area contributed by atoms with E-state index in [1.165, 1.54) is 0 Å². The molecule has 1 aromatic heterocycles. The van der Waals surface area contributed by atoms with Gasteiger partial charge in [0.1, 0.15) is 11.3 Å². The van der Waals surface area contributed by atoms with Crippen molar-refractivity contribution in [2.24, 2.45) is 5.92 Å². The minimum atomic E-state index is -2.94. The summed E-state index contributed by atoms with van der Waals surface area (Å²) in [6.45, 7) is 1.86. The van der Waals surface area contributed by atoms with Crippen molar-refractivity contribution in [3.8, 4) is 0 Å². The Morgan fingerprint density at radius 1 is 1.41 bits per heavy atom. The highest BCUT2D eigenvalue weighted by Crippen LogP contribution is 2.25. The molecule has 1 aromatic carbocycles. The number of rotatable bonds is 4. The van der Waals surface area contributed by atoms with E-state index in [1.54, 1.807) is 0 Å². The topological polar surface area (TPSA) is 76.4 Å². The number of furan rings is 1. The van der Waals surface area contributed by atoms with Gasteiger partial charge in [0.25, 0.3) is 0 Å². The van der Waals surface area contributed by atoms with Gasteiger partial charge in [-0.1, -0.05) is 18.2 Å². The first-order valence-corrected chi connectivity index (χ1v) is 9.23. The third-order valence-corrected chi connectivity index (χ3v) is 5.89. The number of para-hydroxylation sites is 1. The molecule has 0 radical (unpaired) electrons. The van der Waals surface area contributed by atoms with Crippen LogP contribution >= 0.6 is 0 Å². The van der Waals surface area contributed by atoms with E-state index in [4.69, 9.17) is 4.42 Å². The van der Waals surface area contributed by atoms with Gasteiger partial charge in [0.2, 0.25) is 5.91 Å². The van der Waals surface area contributed by atoms with Gasteiger partial charge in [-0.05, 0) is 31.4 Å². The Kier molecular flexibility index (Phi) is 3.95. The number of carbonyl (C=O) groups excluding carboxylic acids is 1. The molecule has 0 spiro atoms. The van der Waals surface area contributed by atoms with Gasteiger partial charge >= 0.3 is 0 Å². The summed E-state index contributed by atoms with van der Waals surface area (Å²) in [4.78, 5) is 12.1. The van der Waals surface area contributed by atoms with Gasteiger partial charge in [0, 0.05) is 11.8 Å². The fraction of sp³-hybridized carbons (Fsp3) is 0.438. The number of sulfone groups is 1. The van der Waals surface area contributed by atoms with Gasteiger partial charge in [-0.2, -0.15) is 0 Å². The van der Waals surface area contributed by atoms with Crippen molar-refractivity contribution in [3.05, 3.63) is 36.1 Å². The normalized spacial score (nSPS) is 21.8. The molecular formula is C16H19NO4S. The Morgan fingerprint density at radius 2 is 2.18 bits per heavy atom. The Morgan fingerprint density at radius 3 is 2.86 bits per heavy atom. The molecule has 118 valence electrons. The molecule has 5 nitrogen and oxygen atoms in total. The van der Waals surface area contributed by atoms with Crippen LogP contribution in [0.1, 0.15) is 31.6 Å². The summed E-state index contributed by atoms with van der Waals surface area (Å²) in [5.74, 6) is 0.834. The average molecular weight is 321 g/mol. The quantitative estimate of drug-likeness (QED) is 0.938. The molecule has 0 unspecified atom stereocenters. The summed E-state index contributed by atoms with van der Waals surface area (Å²) < 4.78 is 28.6. The smallest absolute Gasteiger partial charge is 0.220 e. The van der Waals surface area contributed by atoms with Gasteiger partial charge in [0.05, 0.1) is 17.5 Å². The van der Waals surface area contributed by atoms with Gasteiger partial charge in [0.15, 0.2) is 9.84 Å². The molecule has 0 bridgehead atoms. The second-order valence-corrected chi connectivity index (χ2v) is 8.18. The van der Waals surface area contributed by atoms with E-state index in [2.05, 4.69) is 5.32 Å². The summed E-state index contributed by atoms with van der Waals surface area (Å²) in [6, 6.07) is 9.36. The molecule has 1 aliphatic rings. The standard InChI is InChI=1S/C16H19NO4S/c1-11(15-9-13-4-2-3-5-14(13)21-15)17-16(18)8-12-6-7-22(19,20)10-12/h2-5,9,11-12H,6-8,10H2,1H3,(H,17,18)/t11-,12-/m0/s1. The van der Waals surface area contributed by atoms with Crippen LogP contribution in [0.15, 0.2) is 34.7 Å². The van der Waals surface area contributed by atoms with Crippen molar-refractivity contribution in [2.75, 3.05) is 11.5 Å². The van der Waals surface area contributed by atoms with Crippen LogP contribution in [-0.4, -0.2) is 25.8 Å². The molecule has 0 aliphatic carbocycles. The first kappa shape index (κ1) is 15.1. The minimum absolute atomic E-state index is 0.0622. The number of carbonyl (C=O) groups is 1. The largest absolute Gasteiger partial charge is 0.459 e. The zero-order chi connectivity index (χ0) is 15.7. The lowest BCUT2D eigenvalue weighted by Crippen LogP contribution is -2.28. The maximum absolute atomic E-state index is 12.1. The van der Waals surface area contributed by atoms with E-state index >= 15 is 0 Å². The van der Waals surface area contributed by atoms with Crippen LogP contribution in [0.4, 0.5) is 0 Å². The molecule has 1 fully saturated rings. The number of amides is 1. The van der Waals surface area contributed by atoms with E-state index in [0.717, 1.165) is 11.0 Å². The number of hydrogen-bond acceptors (Lipinski definition) is 4. The molecule has 2 aromatic rings. The third kappa shape index (κ3) is 3.32. The van der Waals surface area contributed by atoms with Crippen molar-refractivity contribution in [3.63, 3.8) is 0 Å². The van der Waals surface area contributed by atoms with Crippen LogP contribution in [0.3, 0.4) is 0 Å². The van der Waals surface area contributed by atoms with Gasteiger partial charge in [-0.25, -0.2) is 8.42 Å². The van der Waals surface area contributed by atoms with Gasteiger partial charge < -0.3 is 9.73 Å². The fourth-order valence-electron chi connectivity index (χ4n) is 2.88. The molecule has 2 atom stereocenters. The molecular weight excluding hydrogens is 302 g/mol. The number of hydrogen-bond donors (Lipinski definition) is 1. The summed E-state index contributed by atoms with van der Waals surface area (Å²) in [6.07, 6.45) is 0.832. The average Bonchev–Trinajstić information content (AvgIpc) is 3.01. The predicted molar refractivity (Wildman–Crippen MR) is 84.1 cm³/mol. The molecule has 3 rings (SSSR count). The predicted octanol–water partition coefficient (Wildman–Crippen LogP) is 2.43. The monoisotopic (exact) mass is 321 g/mol. The second-order valence-electron chi connectivity index (χ2n) is 5.95. The third-order valence-electron chi connectivity index (χ3n) is 4.05. The Bertz CT molecular complexity index is 760. The van der Waals surface area contributed by atoms with Gasteiger partial charge in [-0.15, -0.1) is 0 Å². The molecule has 1 saturated heterocycles. The number of nitrogens with one attached hydrogen (secondary N) is 1. The zero-order valence-electron chi connectivity index (χ0n) is 12.4. The van der Waals surface area contributed by atoms with E-state index < -0.39 is 9.84 Å². The maximum Gasteiger partial charge on any atom is 0.220 e. The van der Waals surface area contributed by atoms with Crippen LogP contribution in [0.2, 0.25) is 0 Å². The van der Waals surface area contributed by atoms with E-state index in [-0.39, 0.29) is 35.8 Å². The van der Waals surface area contributed by atoms with Crippen molar-refractivity contribution >= 4 is 26.7 Å². The molecule has 22 heavy (non-hydrogen) atoms. The first-order chi connectivity index (χ1) is 10.4. The number of fused-ring (bicyclic) bond motifs is 1. The highest BCUT2D eigenvalue weighted by Gasteiger charge is 2.29. The molecule has 0 saturated carbocycles.